The van der Waals surface area contributed by atoms with Gasteiger partial charge in [-0.3, -0.25) is 4.79 Å². The molecule has 134 valence electrons. The highest BCUT2D eigenvalue weighted by Crippen LogP contribution is 2.31. The second-order valence-electron chi connectivity index (χ2n) is 6.92. The van der Waals surface area contributed by atoms with Gasteiger partial charge in [0.05, 0.1) is 17.1 Å². The van der Waals surface area contributed by atoms with Crippen molar-refractivity contribution in [1.82, 2.24) is 14.9 Å². The van der Waals surface area contributed by atoms with Gasteiger partial charge in [-0.05, 0) is 62.1 Å². The van der Waals surface area contributed by atoms with E-state index in [1.165, 1.54) is 5.56 Å². The van der Waals surface area contributed by atoms with E-state index < -0.39 is 0 Å². The lowest BCUT2D eigenvalue weighted by molar-refractivity contribution is -0.134. The Morgan fingerprint density at radius 2 is 2.08 bits per heavy atom. The lowest BCUT2D eigenvalue weighted by atomic mass is 10.1. The molecule has 5 heteroatoms. The van der Waals surface area contributed by atoms with Crippen LogP contribution < -0.4 is 4.74 Å². The summed E-state index contributed by atoms with van der Waals surface area (Å²) in [7, 11) is 0. The highest BCUT2D eigenvalue weighted by atomic mass is 16.5. The molecule has 0 saturated carbocycles. The van der Waals surface area contributed by atoms with Crippen molar-refractivity contribution in [2.45, 2.75) is 32.7 Å². The number of nitrogens with zero attached hydrogens (tertiary/aromatic N) is 2. The van der Waals surface area contributed by atoms with Gasteiger partial charge in [-0.15, -0.1) is 0 Å². The predicted molar refractivity (Wildman–Crippen MR) is 101 cm³/mol. The number of benzene rings is 2. The summed E-state index contributed by atoms with van der Waals surface area (Å²) in [6, 6.07) is 13.9. The molecule has 4 rings (SSSR count). The molecule has 3 aromatic rings. The molecule has 0 spiro atoms. The summed E-state index contributed by atoms with van der Waals surface area (Å²) in [5.41, 5.74) is 4.32. The molecule has 1 aliphatic rings. The fraction of sp³-hybridized carbons (Fsp3) is 0.333. The van der Waals surface area contributed by atoms with Crippen molar-refractivity contribution in [1.29, 1.82) is 0 Å². The van der Waals surface area contributed by atoms with Crippen LogP contribution in [0.2, 0.25) is 0 Å². The quantitative estimate of drug-likeness (QED) is 0.776. The van der Waals surface area contributed by atoms with Gasteiger partial charge in [0.2, 0.25) is 0 Å². The average Bonchev–Trinajstić information content (AvgIpc) is 3.28. The van der Waals surface area contributed by atoms with E-state index in [2.05, 4.69) is 16.9 Å². The molecule has 1 atom stereocenters. The highest BCUT2D eigenvalue weighted by Gasteiger charge is 2.32. The van der Waals surface area contributed by atoms with E-state index in [1.54, 1.807) is 0 Å². The lowest BCUT2D eigenvalue weighted by Gasteiger charge is -2.23. The Labute approximate surface area is 153 Å². The maximum absolute atomic E-state index is 12.7. The van der Waals surface area contributed by atoms with Gasteiger partial charge in [-0.2, -0.15) is 0 Å². The second-order valence-corrected chi connectivity index (χ2v) is 6.92. The fourth-order valence-corrected chi connectivity index (χ4v) is 3.51. The maximum Gasteiger partial charge on any atom is 0.261 e. The second kappa shape index (κ2) is 6.83. The van der Waals surface area contributed by atoms with Crippen LogP contribution in [-0.2, 0) is 4.79 Å². The molecule has 1 N–H and O–H groups in total. The summed E-state index contributed by atoms with van der Waals surface area (Å²) in [6.07, 6.45) is 1.91. The molecule has 2 heterocycles. The number of carbonyl (C=O) groups excluding carboxylic acids is 1. The van der Waals surface area contributed by atoms with E-state index in [-0.39, 0.29) is 18.6 Å². The summed E-state index contributed by atoms with van der Waals surface area (Å²) in [5, 5.41) is 0. The van der Waals surface area contributed by atoms with E-state index in [0.29, 0.717) is 0 Å². The molecule has 1 unspecified atom stereocenters. The number of hydrogen-bond acceptors (Lipinski definition) is 3. The first-order valence-corrected chi connectivity index (χ1v) is 9.06. The Hall–Kier alpha value is -2.82. The van der Waals surface area contributed by atoms with Gasteiger partial charge >= 0.3 is 0 Å². The Morgan fingerprint density at radius 1 is 1.23 bits per heavy atom. The number of para-hydroxylation sites is 2. The van der Waals surface area contributed by atoms with Crippen LogP contribution in [0.4, 0.5) is 0 Å². The summed E-state index contributed by atoms with van der Waals surface area (Å²) in [6.45, 7) is 4.91. The number of ether oxygens (including phenoxy) is 1. The predicted octanol–water partition coefficient (Wildman–Crippen LogP) is 3.92. The normalized spacial score (nSPS) is 17.0. The van der Waals surface area contributed by atoms with Crippen LogP contribution in [0.5, 0.6) is 5.75 Å². The number of nitrogens with one attached hydrogen (secondary N) is 1. The van der Waals surface area contributed by atoms with Crippen LogP contribution in [0.15, 0.2) is 42.5 Å². The minimum atomic E-state index is -0.00162. The van der Waals surface area contributed by atoms with Crippen molar-refractivity contribution < 1.29 is 9.53 Å². The average molecular weight is 349 g/mol. The van der Waals surface area contributed by atoms with Gasteiger partial charge in [0.15, 0.2) is 6.61 Å². The van der Waals surface area contributed by atoms with Gasteiger partial charge < -0.3 is 14.6 Å². The molecule has 1 aromatic heterocycles. The largest absolute Gasteiger partial charge is 0.484 e. The molecule has 1 amide bonds. The van der Waals surface area contributed by atoms with E-state index >= 15 is 0 Å². The number of rotatable bonds is 4. The van der Waals surface area contributed by atoms with Crippen molar-refractivity contribution >= 4 is 16.9 Å². The minimum Gasteiger partial charge on any atom is -0.484 e. The third-order valence-electron chi connectivity index (χ3n) is 5.14. The number of fused-ring (bicyclic) bond motifs is 1. The third kappa shape index (κ3) is 3.17. The summed E-state index contributed by atoms with van der Waals surface area (Å²) in [5.74, 6) is 1.61. The number of hydrogen-bond donors (Lipinski definition) is 1. The number of likely N-dealkylation sites (tertiary alicyclic amines) is 1. The number of amides is 1. The molecule has 1 aliphatic heterocycles. The van der Waals surface area contributed by atoms with Crippen LogP contribution in [0, 0.1) is 13.8 Å². The standard InChI is InChI=1S/C21H23N3O2/c1-14-9-10-16(12-15(14)2)26-13-20(25)24-11-5-8-19(24)21-22-17-6-3-4-7-18(17)23-21/h3-4,6-7,9-10,12,19H,5,8,11,13H2,1-2H3,(H,22,23). The minimum absolute atomic E-state index is 0.00162. The van der Waals surface area contributed by atoms with Gasteiger partial charge in [0, 0.05) is 6.54 Å². The Bertz CT molecular complexity index is 914. The smallest absolute Gasteiger partial charge is 0.261 e. The first-order chi connectivity index (χ1) is 12.6. The molecule has 26 heavy (non-hydrogen) atoms. The molecule has 0 aliphatic carbocycles. The van der Waals surface area contributed by atoms with Crippen molar-refractivity contribution in [3.05, 3.63) is 59.4 Å². The number of aryl methyl sites for hydroxylation is 2. The van der Waals surface area contributed by atoms with Gasteiger partial charge in [0.25, 0.3) is 5.91 Å². The fourth-order valence-electron chi connectivity index (χ4n) is 3.51. The Morgan fingerprint density at radius 3 is 2.88 bits per heavy atom. The van der Waals surface area contributed by atoms with Gasteiger partial charge in [-0.25, -0.2) is 4.98 Å². The zero-order valence-corrected chi connectivity index (χ0v) is 15.2. The van der Waals surface area contributed by atoms with Crippen LogP contribution in [0.25, 0.3) is 11.0 Å². The van der Waals surface area contributed by atoms with Crippen LogP contribution in [0.3, 0.4) is 0 Å². The molecule has 1 fully saturated rings. The Balaban J connectivity index is 1.47. The van der Waals surface area contributed by atoms with E-state index in [4.69, 9.17) is 4.74 Å². The molecular weight excluding hydrogens is 326 g/mol. The van der Waals surface area contributed by atoms with Crippen LogP contribution in [0.1, 0.15) is 35.8 Å². The topological polar surface area (TPSA) is 58.2 Å². The maximum atomic E-state index is 12.7. The summed E-state index contributed by atoms with van der Waals surface area (Å²) >= 11 is 0. The van der Waals surface area contributed by atoms with E-state index in [0.717, 1.165) is 47.6 Å². The Kier molecular flexibility index (Phi) is 4.37. The van der Waals surface area contributed by atoms with Crippen molar-refractivity contribution in [2.24, 2.45) is 0 Å². The highest BCUT2D eigenvalue weighted by molar-refractivity contribution is 5.79. The molecule has 5 nitrogen and oxygen atoms in total. The van der Waals surface area contributed by atoms with Gasteiger partial charge in [-0.1, -0.05) is 18.2 Å². The van der Waals surface area contributed by atoms with E-state index in [1.807, 2.05) is 54.3 Å². The molecular formula is C21H23N3O2. The zero-order valence-electron chi connectivity index (χ0n) is 15.2. The van der Waals surface area contributed by atoms with Crippen molar-refractivity contribution in [3.63, 3.8) is 0 Å². The van der Waals surface area contributed by atoms with E-state index in [9.17, 15) is 4.79 Å². The number of H-pyrrole nitrogens is 1. The SMILES string of the molecule is Cc1ccc(OCC(=O)N2CCCC2c2nc3ccccc3[nH]2)cc1C. The molecule has 0 bridgehead atoms. The number of imidazole rings is 1. The van der Waals surface area contributed by atoms with Gasteiger partial charge in [0.1, 0.15) is 11.6 Å². The number of aromatic amines is 1. The zero-order chi connectivity index (χ0) is 18.1. The molecule has 2 aromatic carbocycles. The first-order valence-electron chi connectivity index (χ1n) is 9.06. The number of aromatic nitrogens is 2. The molecule has 0 radical (unpaired) electrons. The van der Waals surface area contributed by atoms with Crippen LogP contribution in [-0.4, -0.2) is 33.9 Å². The number of carbonyl (C=O) groups is 1. The lowest BCUT2D eigenvalue weighted by Crippen LogP contribution is -2.34. The molecule has 1 saturated heterocycles. The summed E-state index contributed by atoms with van der Waals surface area (Å²) in [4.78, 5) is 22.7. The summed E-state index contributed by atoms with van der Waals surface area (Å²) < 4.78 is 5.74. The van der Waals surface area contributed by atoms with Crippen LogP contribution >= 0.6 is 0 Å². The van der Waals surface area contributed by atoms with Crippen molar-refractivity contribution in [3.8, 4) is 5.75 Å². The van der Waals surface area contributed by atoms with Crippen molar-refractivity contribution in [2.75, 3.05) is 13.2 Å². The first kappa shape index (κ1) is 16.6. The third-order valence-corrected chi connectivity index (χ3v) is 5.14. The monoisotopic (exact) mass is 349 g/mol.